The summed E-state index contributed by atoms with van der Waals surface area (Å²) in [6.45, 7) is 5.12. The summed E-state index contributed by atoms with van der Waals surface area (Å²) < 4.78 is 10.3. The molecule has 1 aromatic carbocycles. The Balaban J connectivity index is 2.92. The topological polar surface area (TPSA) is 76.7 Å². The maximum Gasteiger partial charge on any atom is 0.247 e. The van der Waals surface area contributed by atoms with E-state index in [4.69, 9.17) is 9.47 Å². The van der Waals surface area contributed by atoms with Crippen LogP contribution in [-0.4, -0.2) is 32.1 Å². The maximum absolute atomic E-state index is 12.3. The van der Waals surface area contributed by atoms with Gasteiger partial charge in [0.25, 0.3) is 0 Å². The molecular weight excluding hydrogens is 272 g/mol. The molecule has 6 nitrogen and oxygen atoms in total. The van der Waals surface area contributed by atoms with Crippen LogP contribution < -0.4 is 20.1 Å². The molecule has 1 aromatic rings. The summed E-state index contributed by atoms with van der Waals surface area (Å²) in [5.74, 6) is 0.597. The Morgan fingerprint density at radius 3 is 1.95 bits per heavy atom. The molecule has 6 heteroatoms. The van der Waals surface area contributed by atoms with Crippen molar-refractivity contribution in [3.8, 4) is 11.5 Å². The molecule has 0 aliphatic rings. The average Bonchev–Trinajstić information content (AvgIpc) is 2.43. The number of nitrogens with one attached hydrogen (secondary N) is 2. The number of amides is 2. The molecule has 0 radical (unpaired) electrons. The molecule has 0 spiro atoms. The highest BCUT2D eigenvalue weighted by molar-refractivity contribution is 5.97. The summed E-state index contributed by atoms with van der Waals surface area (Å²) in [5, 5.41) is 5.41. The normalized spacial score (nSPS) is 11.7. The summed E-state index contributed by atoms with van der Waals surface area (Å²) in [6.07, 6.45) is 0. The van der Waals surface area contributed by atoms with Crippen LogP contribution in [0.2, 0.25) is 0 Å². The summed E-state index contributed by atoms with van der Waals surface area (Å²) in [7, 11) is 3.07. The van der Waals surface area contributed by atoms with E-state index in [1.54, 1.807) is 18.2 Å². The van der Waals surface area contributed by atoms with Gasteiger partial charge in [-0.2, -0.15) is 0 Å². The first-order valence-corrected chi connectivity index (χ1v) is 6.68. The highest BCUT2D eigenvalue weighted by atomic mass is 16.5. The third-order valence-electron chi connectivity index (χ3n) is 2.93. The van der Waals surface area contributed by atoms with E-state index in [2.05, 4.69) is 10.6 Å². The fourth-order valence-electron chi connectivity index (χ4n) is 1.85. The summed E-state index contributed by atoms with van der Waals surface area (Å²) in [4.78, 5) is 23.5. The number of carbonyl (C=O) groups excluding carboxylic acids is 2. The van der Waals surface area contributed by atoms with E-state index in [1.165, 1.54) is 21.1 Å². The molecule has 0 fully saturated rings. The van der Waals surface area contributed by atoms with Gasteiger partial charge >= 0.3 is 0 Å². The Bertz CT molecular complexity index is 492. The van der Waals surface area contributed by atoms with Crippen LogP contribution in [0.25, 0.3) is 0 Å². The molecule has 0 saturated carbocycles. The third kappa shape index (κ3) is 4.98. The van der Waals surface area contributed by atoms with E-state index in [-0.39, 0.29) is 17.7 Å². The number of ether oxygens (including phenoxy) is 2. The van der Waals surface area contributed by atoms with Crippen molar-refractivity contribution in [1.29, 1.82) is 0 Å². The molecule has 0 bridgehead atoms. The Labute approximate surface area is 124 Å². The molecule has 116 valence electrons. The molecule has 0 aliphatic heterocycles. The van der Waals surface area contributed by atoms with Gasteiger partial charge in [-0.25, -0.2) is 0 Å². The number of rotatable bonds is 6. The van der Waals surface area contributed by atoms with Crippen LogP contribution >= 0.6 is 0 Å². The molecule has 0 heterocycles. The van der Waals surface area contributed by atoms with E-state index in [0.717, 1.165) is 0 Å². The number of hydrogen-bond donors (Lipinski definition) is 2. The fraction of sp³-hybridized carbons (Fsp3) is 0.467. The van der Waals surface area contributed by atoms with Gasteiger partial charge in [0.1, 0.15) is 17.5 Å². The van der Waals surface area contributed by atoms with Crippen LogP contribution in [0.1, 0.15) is 20.8 Å². The second-order valence-corrected chi connectivity index (χ2v) is 5.01. The lowest BCUT2D eigenvalue weighted by Crippen LogP contribution is -2.46. The van der Waals surface area contributed by atoms with Gasteiger partial charge in [-0.3, -0.25) is 9.59 Å². The van der Waals surface area contributed by atoms with Gasteiger partial charge in [-0.15, -0.1) is 0 Å². The van der Waals surface area contributed by atoms with E-state index < -0.39 is 6.04 Å². The lowest BCUT2D eigenvalue weighted by atomic mass is 10.0. The van der Waals surface area contributed by atoms with E-state index >= 15 is 0 Å². The summed E-state index contributed by atoms with van der Waals surface area (Å²) >= 11 is 0. The predicted octanol–water partition coefficient (Wildman–Crippen LogP) is 1.80. The molecule has 21 heavy (non-hydrogen) atoms. The number of anilines is 1. The van der Waals surface area contributed by atoms with Gasteiger partial charge in [0.05, 0.1) is 14.2 Å². The van der Waals surface area contributed by atoms with E-state index in [9.17, 15) is 9.59 Å². The number of carbonyl (C=O) groups is 2. The van der Waals surface area contributed by atoms with Gasteiger partial charge in [-0.05, 0) is 5.92 Å². The largest absolute Gasteiger partial charge is 0.497 e. The molecule has 0 saturated heterocycles. The van der Waals surface area contributed by atoms with E-state index in [0.29, 0.717) is 17.2 Å². The second kappa shape index (κ2) is 7.52. The smallest absolute Gasteiger partial charge is 0.247 e. The quantitative estimate of drug-likeness (QED) is 0.839. The summed E-state index contributed by atoms with van der Waals surface area (Å²) in [5.41, 5.74) is 0.548. The second-order valence-electron chi connectivity index (χ2n) is 5.01. The number of hydrogen-bond acceptors (Lipinski definition) is 4. The first kappa shape index (κ1) is 16.8. The first-order valence-electron chi connectivity index (χ1n) is 6.68. The molecule has 2 amide bonds. The van der Waals surface area contributed by atoms with Gasteiger partial charge in [0.15, 0.2) is 0 Å². The van der Waals surface area contributed by atoms with E-state index in [1.807, 2.05) is 13.8 Å². The van der Waals surface area contributed by atoms with Crippen molar-refractivity contribution in [3.05, 3.63) is 18.2 Å². The predicted molar refractivity (Wildman–Crippen MR) is 80.6 cm³/mol. The Hall–Kier alpha value is -2.24. The van der Waals surface area contributed by atoms with Crippen molar-refractivity contribution in [2.75, 3.05) is 19.5 Å². The summed E-state index contributed by atoms with van der Waals surface area (Å²) in [6, 6.07) is 4.49. The standard InChI is InChI=1S/C15H22N2O4/c1-9(2)14(16-10(3)18)15(19)17-11-6-12(20-4)8-13(7-11)21-5/h6-9,14H,1-5H3,(H,16,18)(H,17,19). The van der Waals surface area contributed by atoms with Crippen LogP contribution in [0.4, 0.5) is 5.69 Å². The lowest BCUT2D eigenvalue weighted by Gasteiger charge is -2.21. The van der Waals surface area contributed by atoms with Crippen LogP contribution in [0, 0.1) is 5.92 Å². The van der Waals surface area contributed by atoms with Crippen molar-refractivity contribution >= 4 is 17.5 Å². The first-order chi connectivity index (χ1) is 9.87. The van der Waals surface area contributed by atoms with Crippen LogP contribution in [0.5, 0.6) is 11.5 Å². The van der Waals surface area contributed by atoms with Gasteiger partial charge < -0.3 is 20.1 Å². The van der Waals surface area contributed by atoms with Crippen molar-refractivity contribution in [2.24, 2.45) is 5.92 Å². The minimum absolute atomic E-state index is 0.0265. The van der Waals surface area contributed by atoms with Gasteiger partial charge in [0, 0.05) is 30.8 Å². The Morgan fingerprint density at radius 1 is 1.05 bits per heavy atom. The zero-order valence-corrected chi connectivity index (χ0v) is 13.0. The molecule has 0 aliphatic carbocycles. The van der Waals surface area contributed by atoms with Gasteiger partial charge in [0.2, 0.25) is 11.8 Å². The zero-order chi connectivity index (χ0) is 16.0. The van der Waals surface area contributed by atoms with Crippen molar-refractivity contribution < 1.29 is 19.1 Å². The number of methoxy groups -OCH3 is 2. The Kier molecular flexibility index (Phi) is 6.02. The number of benzene rings is 1. The average molecular weight is 294 g/mol. The minimum Gasteiger partial charge on any atom is -0.497 e. The van der Waals surface area contributed by atoms with Crippen LogP contribution in [0.15, 0.2) is 18.2 Å². The molecule has 1 atom stereocenters. The molecular formula is C15H22N2O4. The molecule has 1 rings (SSSR count). The molecule has 1 unspecified atom stereocenters. The Morgan fingerprint density at radius 2 is 1.57 bits per heavy atom. The highest BCUT2D eigenvalue weighted by Gasteiger charge is 2.23. The molecule has 0 aromatic heterocycles. The van der Waals surface area contributed by atoms with Crippen LogP contribution in [0.3, 0.4) is 0 Å². The van der Waals surface area contributed by atoms with Crippen molar-refractivity contribution in [3.63, 3.8) is 0 Å². The lowest BCUT2D eigenvalue weighted by molar-refractivity contribution is -0.126. The zero-order valence-electron chi connectivity index (χ0n) is 13.0. The monoisotopic (exact) mass is 294 g/mol. The third-order valence-corrected chi connectivity index (χ3v) is 2.93. The fourth-order valence-corrected chi connectivity index (χ4v) is 1.85. The minimum atomic E-state index is -0.598. The van der Waals surface area contributed by atoms with Gasteiger partial charge in [-0.1, -0.05) is 13.8 Å². The maximum atomic E-state index is 12.3. The van der Waals surface area contributed by atoms with Crippen LogP contribution in [-0.2, 0) is 9.59 Å². The molecule has 2 N–H and O–H groups in total. The van der Waals surface area contributed by atoms with Crippen molar-refractivity contribution in [1.82, 2.24) is 5.32 Å². The highest BCUT2D eigenvalue weighted by Crippen LogP contribution is 2.26. The SMILES string of the molecule is COc1cc(NC(=O)C(NC(C)=O)C(C)C)cc(OC)c1. The van der Waals surface area contributed by atoms with Crippen molar-refractivity contribution in [2.45, 2.75) is 26.8 Å².